The molecular formula is C17H26N2O. The lowest BCUT2D eigenvalue weighted by molar-refractivity contribution is 0.0225. The van der Waals surface area contributed by atoms with Crippen molar-refractivity contribution in [2.24, 2.45) is 0 Å². The summed E-state index contributed by atoms with van der Waals surface area (Å²) in [6.45, 7) is 4.49. The van der Waals surface area contributed by atoms with Crippen molar-refractivity contribution in [3.63, 3.8) is 0 Å². The fourth-order valence-corrected chi connectivity index (χ4v) is 3.93. The number of hydrogen-bond donors (Lipinski definition) is 2. The third kappa shape index (κ3) is 2.50. The van der Waals surface area contributed by atoms with Gasteiger partial charge in [0, 0.05) is 19.6 Å². The smallest absolute Gasteiger partial charge is 0.0697 e. The van der Waals surface area contributed by atoms with Crippen LogP contribution in [0.4, 0.5) is 0 Å². The van der Waals surface area contributed by atoms with Crippen molar-refractivity contribution in [2.75, 3.05) is 32.8 Å². The van der Waals surface area contributed by atoms with Crippen LogP contribution in [0.1, 0.15) is 36.8 Å². The molecule has 1 aromatic rings. The van der Waals surface area contributed by atoms with Crippen molar-refractivity contribution in [2.45, 2.75) is 37.6 Å². The zero-order chi connectivity index (χ0) is 13.8. The Labute approximate surface area is 122 Å². The maximum Gasteiger partial charge on any atom is 0.0697 e. The summed E-state index contributed by atoms with van der Waals surface area (Å²) in [6, 6.07) is 8.76. The molecule has 1 aliphatic carbocycles. The molecule has 1 aliphatic heterocycles. The van der Waals surface area contributed by atoms with Crippen LogP contribution >= 0.6 is 0 Å². The molecule has 0 spiro atoms. The molecule has 3 heteroatoms. The number of aryl methyl sites for hydroxylation is 1. The Hall–Kier alpha value is -0.900. The Morgan fingerprint density at radius 2 is 2.00 bits per heavy atom. The first kappa shape index (κ1) is 14.1. The maximum atomic E-state index is 10.3. The molecule has 1 aromatic carbocycles. The normalized spacial score (nSPS) is 28.4. The summed E-state index contributed by atoms with van der Waals surface area (Å²) in [5, 5.41) is 13.8. The number of aliphatic hydroxyl groups excluding tert-OH is 1. The van der Waals surface area contributed by atoms with E-state index in [1.807, 2.05) is 0 Å². The molecule has 1 fully saturated rings. The van der Waals surface area contributed by atoms with Gasteiger partial charge in [-0.05, 0) is 43.4 Å². The van der Waals surface area contributed by atoms with Gasteiger partial charge in [-0.2, -0.15) is 0 Å². The van der Waals surface area contributed by atoms with E-state index in [0.29, 0.717) is 0 Å². The van der Waals surface area contributed by atoms with Gasteiger partial charge in [-0.3, -0.25) is 4.90 Å². The number of nitrogens with zero attached hydrogens (tertiary/aromatic N) is 1. The van der Waals surface area contributed by atoms with E-state index in [2.05, 4.69) is 34.5 Å². The molecule has 0 amide bonds. The van der Waals surface area contributed by atoms with Gasteiger partial charge < -0.3 is 10.4 Å². The van der Waals surface area contributed by atoms with Crippen molar-refractivity contribution in [3.05, 3.63) is 35.4 Å². The molecule has 2 N–H and O–H groups in total. The minimum Gasteiger partial charge on any atom is -0.394 e. The fourth-order valence-electron chi connectivity index (χ4n) is 3.93. The van der Waals surface area contributed by atoms with Gasteiger partial charge >= 0.3 is 0 Å². The lowest BCUT2D eigenvalue weighted by Gasteiger charge is -2.43. The summed E-state index contributed by atoms with van der Waals surface area (Å²) in [4.78, 5) is 2.54. The zero-order valence-electron chi connectivity index (χ0n) is 12.3. The summed E-state index contributed by atoms with van der Waals surface area (Å²) in [6.07, 6.45) is 5.86. The first-order valence-corrected chi connectivity index (χ1v) is 8.02. The van der Waals surface area contributed by atoms with E-state index in [1.165, 1.54) is 30.4 Å². The van der Waals surface area contributed by atoms with Gasteiger partial charge in [0.05, 0.1) is 12.1 Å². The van der Waals surface area contributed by atoms with Crippen molar-refractivity contribution < 1.29 is 5.11 Å². The SMILES string of the molecule is OCC1(N2CCCNCC2)CCCCc2ccccc21. The predicted molar refractivity (Wildman–Crippen MR) is 81.8 cm³/mol. The van der Waals surface area contributed by atoms with Crippen molar-refractivity contribution in [1.82, 2.24) is 10.2 Å². The van der Waals surface area contributed by atoms with Crippen molar-refractivity contribution in [3.8, 4) is 0 Å². The number of hydrogen-bond acceptors (Lipinski definition) is 3. The van der Waals surface area contributed by atoms with Gasteiger partial charge in [0.15, 0.2) is 0 Å². The minimum atomic E-state index is -0.154. The molecule has 0 bridgehead atoms. The van der Waals surface area contributed by atoms with Crippen molar-refractivity contribution >= 4 is 0 Å². The monoisotopic (exact) mass is 274 g/mol. The van der Waals surface area contributed by atoms with Gasteiger partial charge in [0.1, 0.15) is 0 Å². The van der Waals surface area contributed by atoms with Crippen LogP contribution in [0.5, 0.6) is 0 Å². The van der Waals surface area contributed by atoms with E-state index < -0.39 is 0 Å². The molecule has 0 radical (unpaired) electrons. The highest BCUT2D eigenvalue weighted by atomic mass is 16.3. The molecule has 20 heavy (non-hydrogen) atoms. The quantitative estimate of drug-likeness (QED) is 0.809. The van der Waals surface area contributed by atoms with Gasteiger partial charge in [-0.15, -0.1) is 0 Å². The predicted octanol–water partition coefficient (Wildman–Crippen LogP) is 1.90. The third-order valence-corrected chi connectivity index (χ3v) is 5.01. The molecule has 2 aliphatic rings. The van der Waals surface area contributed by atoms with E-state index in [4.69, 9.17) is 0 Å². The van der Waals surface area contributed by atoms with E-state index in [-0.39, 0.29) is 12.1 Å². The Morgan fingerprint density at radius 1 is 1.10 bits per heavy atom. The molecule has 1 heterocycles. The summed E-state index contributed by atoms with van der Waals surface area (Å²) >= 11 is 0. The highest BCUT2D eigenvalue weighted by Gasteiger charge is 2.40. The van der Waals surface area contributed by atoms with Crippen LogP contribution in [0.25, 0.3) is 0 Å². The van der Waals surface area contributed by atoms with Crippen LogP contribution in [-0.2, 0) is 12.0 Å². The average molecular weight is 274 g/mol. The fraction of sp³-hybridized carbons (Fsp3) is 0.647. The summed E-state index contributed by atoms with van der Waals surface area (Å²) < 4.78 is 0. The van der Waals surface area contributed by atoms with Crippen LogP contribution < -0.4 is 5.32 Å². The number of rotatable bonds is 2. The second-order valence-corrected chi connectivity index (χ2v) is 6.14. The summed E-state index contributed by atoms with van der Waals surface area (Å²) in [5.41, 5.74) is 2.66. The summed E-state index contributed by atoms with van der Waals surface area (Å²) in [5.74, 6) is 0. The van der Waals surface area contributed by atoms with Gasteiger partial charge in [-0.25, -0.2) is 0 Å². The average Bonchev–Trinajstić information content (AvgIpc) is 2.87. The van der Waals surface area contributed by atoms with Crippen LogP contribution in [0.3, 0.4) is 0 Å². The van der Waals surface area contributed by atoms with Crippen LogP contribution in [-0.4, -0.2) is 42.8 Å². The second kappa shape index (κ2) is 6.25. The first-order valence-electron chi connectivity index (χ1n) is 8.02. The Bertz CT molecular complexity index is 440. The second-order valence-electron chi connectivity index (χ2n) is 6.14. The number of benzene rings is 1. The molecule has 0 saturated carbocycles. The maximum absolute atomic E-state index is 10.3. The topological polar surface area (TPSA) is 35.5 Å². The molecule has 0 aromatic heterocycles. The number of fused-ring (bicyclic) bond motifs is 1. The Balaban J connectivity index is 2.01. The van der Waals surface area contributed by atoms with E-state index >= 15 is 0 Å². The molecule has 3 nitrogen and oxygen atoms in total. The molecule has 1 unspecified atom stereocenters. The Kier molecular flexibility index (Phi) is 4.39. The van der Waals surface area contributed by atoms with Crippen molar-refractivity contribution in [1.29, 1.82) is 0 Å². The lowest BCUT2D eigenvalue weighted by Crippen LogP contribution is -2.50. The molecule has 1 atom stereocenters. The minimum absolute atomic E-state index is 0.154. The van der Waals surface area contributed by atoms with Gasteiger partial charge in [-0.1, -0.05) is 30.7 Å². The number of aliphatic hydroxyl groups is 1. The Morgan fingerprint density at radius 3 is 2.90 bits per heavy atom. The number of nitrogens with one attached hydrogen (secondary N) is 1. The molecule has 1 saturated heterocycles. The third-order valence-electron chi connectivity index (χ3n) is 5.01. The van der Waals surface area contributed by atoms with Crippen LogP contribution in [0.2, 0.25) is 0 Å². The van der Waals surface area contributed by atoms with E-state index in [0.717, 1.165) is 39.0 Å². The zero-order valence-corrected chi connectivity index (χ0v) is 12.3. The van der Waals surface area contributed by atoms with E-state index in [9.17, 15) is 5.11 Å². The summed E-state index contributed by atoms with van der Waals surface area (Å²) in [7, 11) is 0. The standard InChI is InChI=1S/C17H26N2O/c20-14-17(19-12-5-10-18-11-13-19)9-4-3-7-15-6-1-2-8-16(15)17/h1-2,6,8,18,20H,3-5,7,9-14H2. The molecule has 3 rings (SSSR count). The van der Waals surface area contributed by atoms with Crippen LogP contribution in [0, 0.1) is 0 Å². The molecular weight excluding hydrogens is 248 g/mol. The van der Waals surface area contributed by atoms with Gasteiger partial charge in [0.2, 0.25) is 0 Å². The highest BCUT2D eigenvalue weighted by molar-refractivity contribution is 5.35. The largest absolute Gasteiger partial charge is 0.394 e. The molecule has 110 valence electrons. The highest BCUT2D eigenvalue weighted by Crippen LogP contribution is 2.39. The lowest BCUT2D eigenvalue weighted by atomic mass is 9.83. The van der Waals surface area contributed by atoms with Crippen LogP contribution in [0.15, 0.2) is 24.3 Å². The first-order chi connectivity index (χ1) is 9.87. The van der Waals surface area contributed by atoms with E-state index in [1.54, 1.807) is 0 Å². The van der Waals surface area contributed by atoms with Gasteiger partial charge in [0.25, 0.3) is 0 Å².